The average molecular weight is 328 g/mol. The van der Waals surface area contributed by atoms with Crippen LogP contribution in [0.1, 0.15) is 16.7 Å². The van der Waals surface area contributed by atoms with Crippen LogP contribution < -0.4 is 9.96 Å². The van der Waals surface area contributed by atoms with Gasteiger partial charge in [0.15, 0.2) is 0 Å². The summed E-state index contributed by atoms with van der Waals surface area (Å²) in [7, 11) is 5.15. The Bertz CT molecular complexity index is 613. The molecule has 0 aliphatic heterocycles. The molecule has 0 unspecified atom stereocenters. The lowest BCUT2D eigenvalue weighted by atomic mass is 10.1. The summed E-state index contributed by atoms with van der Waals surface area (Å²) in [4.78, 5) is 6.09. The Labute approximate surface area is 143 Å². The second-order valence-corrected chi connectivity index (χ2v) is 5.47. The SMILES string of the molecule is CO[B]NCN(C)Cc1ccc(OCc2ccncc2)c(CO)c1. The van der Waals surface area contributed by atoms with Gasteiger partial charge < -0.3 is 19.7 Å². The molecule has 7 heteroatoms. The number of aliphatic hydroxyl groups is 1. The minimum absolute atomic E-state index is 0.0566. The summed E-state index contributed by atoms with van der Waals surface area (Å²) in [5.41, 5.74) is 2.93. The number of aromatic nitrogens is 1. The molecule has 0 atom stereocenters. The molecule has 2 N–H and O–H groups in total. The van der Waals surface area contributed by atoms with Crippen LogP contribution in [0.4, 0.5) is 0 Å². The number of aliphatic hydroxyl groups excluding tert-OH is 1. The van der Waals surface area contributed by atoms with Crippen LogP contribution in [0.15, 0.2) is 42.7 Å². The summed E-state index contributed by atoms with van der Waals surface area (Å²) in [6.07, 6.45) is 3.47. The molecule has 1 radical (unpaired) electrons. The van der Waals surface area contributed by atoms with Gasteiger partial charge >= 0.3 is 7.62 Å². The zero-order chi connectivity index (χ0) is 17.2. The fourth-order valence-electron chi connectivity index (χ4n) is 2.28. The Morgan fingerprint density at radius 2 is 2.00 bits per heavy atom. The molecule has 0 bridgehead atoms. The fourth-order valence-corrected chi connectivity index (χ4v) is 2.28. The number of benzene rings is 1. The van der Waals surface area contributed by atoms with Crippen molar-refractivity contribution in [2.24, 2.45) is 0 Å². The lowest BCUT2D eigenvalue weighted by molar-refractivity contribution is 0.258. The third-order valence-corrected chi connectivity index (χ3v) is 3.45. The summed E-state index contributed by atoms with van der Waals surface area (Å²) in [6.45, 7) is 1.81. The zero-order valence-electron chi connectivity index (χ0n) is 14.1. The van der Waals surface area contributed by atoms with E-state index in [4.69, 9.17) is 9.39 Å². The predicted octanol–water partition coefficient (Wildman–Crippen LogP) is 1.31. The zero-order valence-corrected chi connectivity index (χ0v) is 14.1. The molecule has 0 amide bonds. The summed E-state index contributed by atoms with van der Waals surface area (Å²) >= 11 is 0. The third-order valence-electron chi connectivity index (χ3n) is 3.45. The van der Waals surface area contributed by atoms with Gasteiger partial charge in [-0.1, -0.05) is 6.07 Å². The second kappa shape index (κ2) is 10.0. The van der Waals surface area contributed by atoms with Gasteiger partial charge in [-0.2, -0.15) is 0 Å². The van der Waals surface area contributed by atoms with Gasteiger partial charge in [0, 0.05) is 38.3 Å². The minimum Gasteiger partial charge on any atom is -0.489 e. The first kappa shape index (κ1) is 18.4. The van der Waals surface area contributed by atoms with Crippen molar-refractivity contribution in [3.05, 3.63) is 59.4 Å². The molecule has 2 aromatic rings. The van der Waals surface area contributed by atoms with Crippen LogP contribution in [-0.2, 0) is 24.4 Å². The van der Waals surface area contributed by atoms with Crippen molar-refractivity contribution in [2.75, 3.05) is 20.8 Å². The molecule has 0 aliphatic carbocycles. The molecule has 2 rings (SSSR count). The second-order valence-electron chi connectivity index (χ2n) is 5.47. The van der Waals surface area contributed by atoms with E-state index in [9.17, 15) is 5.11 Å². The van der Waals surface area contributed by atoms with Gasteiger partial charge in [0.05, 0.1) is 6.61 Å². The van der Waals surface area contributed by atoms with Crippen molar-refractivity contribution in [3.63, 3.8) is 0 Å². The molecule has 0 spiro atoms. The average Bonchev–Trinajstić information content (AvgIpc) is 2.61. The summed E-state index contributed by atoms with van der Waals surface area (Å²) < 4.78 is 10.7. The number of ether oxygens (including phenoxy) is 1. The van der Waals surface area contributed by atoms with Gasteiger partial charge in [-0.05, 0) is 42.4 Å². The smallest absolute Gasteiger partial charge is 0.396 e. The van der Waals surface area contributed by atoms with Gasteiger partial charge in [0.25, 0.3) is 0 Å². The molecule has 0 saturated heterocycles. The van der Waals surface area contributed by atoms with E-state index in [0.717, 1.165) is 23.2 Å². The molecule has 1 aromatic heterocycles. The molecular formula is C17H23BN3O3. The molecule has 1 heterocycles. The Morgan fingerprint density at radius 3 is 2.71 bits per heavy atom. The van der Waals surface area contributed by atoms with Gasteiger partial charge in [-0.25, -0.2) is 0 Å². The predicted molar refractivity (Wildman–Crippen MR) is 93.2 cm³/mol. The summed E-state index contributed by atoms with van der Waals surface area (Å²) in [6, 6.07) is 9.71. The molecule has 1 aromatic carbocycles. The van der Waals surface area contributed by atoms with Gasteiger partial charge in [-0.15, -0.1) is 0 Å². The lowest BCUT2D eigenvalue weighted by Crippen LogP contribution is -2.33. The van der Waals surface area contributed by atoms with E-state index in [1.54, 1.807) is 27.1 Å². The van der Waals surface area contributed by atoms with E-state index in [-0.39, 0.29) is 6.61 Å². The summed E-state index contributed by atoms with van der Waals surface area (Å²) in [5, 5.41) is 12.6. The highest BCUT2D eigenvalue weighted by molar-refractivity contribution is 6.23. The fraction of sp³-hybridized carbons (Fsp3) is 0.353. The van der Waals surface area contributed by atoms with E-state index in [2.05, 4.69) is 15.1 Å². The highest BCUT2D eigenvalue weighted by Gasteiger charge is 2.07. The van der Waals surface area contributed by atoms with Crippen molar-refractivity contribution in [3.8, 4) is 5.75 Å². The van der Waals surface area contributed by atoms with Crippen molar-refractivity contribution in [1.82, 2.24) is 15.1 Å². The Morgan fingerprint density at radius 1 is 1.21 bits per heavy atom. The number of hydrogen-bond donors (Lipinski definition) is 2. The van der Waals surface area contributed by atoms with Gasteiger partial charge in [0.1, 0.15) is 12.4 Å². The van der Waals surface area contributed by atoms with Crippen molar-refractivity contribution < 1.29 is 14.5 Å². The topological polar surface area (TPSA) is 66.9 Å². The Balaban J connectivity index is 1.94. The van der Waals surface area contributed by atoms with Gasteiger partial charge in [-0.3, -0.25) is 9.88 Å². The maximum Gasteiger partial charge on any atom is 0.396 e. The lowest BCUT2D eigenvalue weighted by Gasteiger charge is -2.18. The Kier molecular flexibility index (Phi) is 7.71. The van der Waals surface area contributed by atoms with Gasteiger partial charge in [0.2, 0.25) is 0 Å². The number of rotatable bonds is 10. The molecule has 24 heavy (non-hydrogen) atoms. The normalized spacial score (nSPS) is 10.8. The van der Waals surface area contributed by atoms with E-state index in [0.29, 0.717) is 19.0 Å². The van der Waals surface area contributed by atoms with E-state index in [1.165, 1.54) is 0 Å². The minimum atomic E-state index is -0.0566. The highest BCUT2D eigenvalue weighted by Crippen LogP contribution is 2.22. The quantitative estimate of drug-likeness (QED) is 0.389. The van der Waals surface area contributed by atoms with E-state index < -0.39 is 0 Å². The van der Waals surface area contributed by atoms with Crippen LogP contribution in [-0.4, -0.2) is 43.4 Å². The first-order valence-electron chi connectivity index (χ1n) is 7.73. The van der Waals surface area contributed by atoms with Crippen LogP contribution in [0.5, 0.6) is 5.75 Å². The van der Waals surface area contributed by atoms with Crippen LogP contribution in [0, 0.1) is 0 Å². The van der Waals surface area contributed by atoms with Crippen LogP contribution in [0.25, 0.3) is 0 Å². The highest BCUT2D eigenvalue weighted by atomic mass is 16.5. The summed E-state index contributed by atoms with van der Waals surface area (Å²) in [5.74, 6) is 0.701. The molecule has 0 saturated carbocycles. The number of nitrogens with one attached hydrogen (secondary N) is 1. The molecule has 0 fully saturated rings. The van der Waals surface area contributed by atoms with Crippen LogP contribution in [0.3, 0.4) is 0 Å². The maximum atomic E-state index is 9.61. The molecular weight excluding hydrogens is 305 g/mol. The largest absolute Gasteiger partial charge is 0.489 e. The van der Waals surface area contributed by atoms with Crippen molar-refractivity contribution >= 4 is 7.62 Å². The number of pyridine rings is 1. The monoisotopic (exact) mass is 328 g/mol. The molecule has 127 valence electrons. The van der Waals surface area contributed by atoms with E-state index >= 15 is 0 Å². The van der Waals surface area contributed by atoms with Crippen LogP contribution in [0.2, 0.25) is 0 Å². The maximum absolute atomic E-state index is 9.61. The standard InChI is InChI=1S/C17H23BN3O3/c1-21(13-20-18-23-2)10-15-3-4-17(16(9-15)11-22)24-12-14-5-7-19-8-6-14/h3-9,20,22H,10-13H2,1-2H3. The first-order chi connectivity index (χ1) is 11.7. The van der Waals surface area contributed by atoms with E-state index in [1.807, 2.05) is 37.4 Å². The molecule has 0 aliphatic rings. The third kappa shape index (κ3) is 5.94. The Hall–Kier alpha value is -1.93. The van der Waals surface area contributed by atoms with Crippen molar-refractivity contribution in [2.45, 2.75) is 19.8 Å². The van der Waals surface area contributed by atoms with Crippen LogP contribution >= 0.6 is 0 Å². The first-order valence-corrected chi connectivity index (χ1v) is 7.73. The number of hydrogen-bond acceptors (Lipinski definition) is 6. The molecule has 6 nitrogen and oxygen atoms in total. The van der Waals surface area contributed by atoms with Crippen molar-refractivity contribution in [1.29, 1.82) is 0 Å². The number of nitrogens with zero attached hydrogens (tertiary/aromatic N) is 2.